The van der Waals surface area contributed by atoms with Crippen LogP contribution in [0.15, 0.2) is 24.3 Å². The molecule has 1 rings (SSSR count). The summed E-state index contributed by atoms with van der Waals surface area (Å²) in [5, 5.41) is 21.1. The molecule has 1 unspecified atom stereocenters. The number of hydrogen-bond acceptors (Lipinski definition) is 5. The Kier molecular flexibility index (Phi) is 3.28. The minimum atomic E-state index is -1.47. The molecule has 0 saturated heterocycles. The Bertz CT molecular complexity index is 389. The average Bonchev–Trinajstić information content (AvgIpc) is 2.15. The Labute approximate surface area is 86.1 Å². The number of aliphatic carboxylic acids is 2. The molecule has 0 radical (unpaired) electrons. The number of nitrogens with two attached hydrogens (primary N) is 1. The van der Waals surface area contributed by atoms with Crippen LogP contribution in [0.2, 0.25) is 0 Å². The van der Waals surface area contributed by atoms with Crippen LogP contribution in [0.3, 0.4) is 0 Å². The lowest BCUT2D eigenvalue weighted by Gasteiger charge is -2.20. The lowest BCUT2D eigenvalue weighted by Crippen LogP contribution is -2.35. The van der Waals surface area contributed by atoms with Crippen LogP contribution in [-0.4, -0.2) is 11.9 Å². The fourth-order valence-electron chi connectivity index (χ4n) is 1.32. The highest BCUT2D eigenvalue weighted by Crippen LogP contribution is 2.24. The first kappa shape index (κ1) is 11.0. The maximum absolute atomic E-state index is 10.7. The predicted molar refractivity (Wildman–Crippen MR) is 48.2 cm³/mol. The number of carboxylic acid groups (broad SMARTS) is 2. The van der Waals surface area contributed by atoms with Crippen molar-refractivity contribution < 1.29 is 19.8 Å². The number of carboxylic acids is 2. The lowest BCUT2D eigenvalue weighted by molar-refractivity contribution is -0.317. The van der Waals surface area contributed by atoms with E-state index in [1.807, 2.05) is 0 Å². The van der Waals surface area contributed by atoms with Gasteiger partial charge in [0.15, 0.2) is 0 Å². The number of carbonyl (C=O) groups is 2. The lowest BCUT2D eigenvalue weighted by atomic mass is 9.94. The van der Waals surface area contributed by atoms with Crippen LogP contribution in [0.25, 0.3) is 0 Å². The molecule has 80 valence electrons. The van der Waals surface area contributed by atoms with Crippen molar-refractivity contribution in [2.75, 3.05) is 5.73 Å². The Morgan fingerprint density at radius 3 is 2.33 bits per heavy atom. The molecule has 5 nitrogen and oxygen atoms in total. The molecular weight excluding hydrogens is 198 g/mol. The summed E-state index contributed by atoms with van der Waals surface area (Å²) in [4.78, 5) is 21.1. The van der Waals surface area contributed by atoms with Gasteiger partial charge in [-0.05, 0) is 18.1 Å². The monoisotopic (exact) mass is 207 g/mol. The SMILES string of the molecule is Nc1ccccc1C(CC(=O)[O-])C(=O)[O-]. The maximum atomic E-state index is 10.7. The second-order valence-electron chi connectivity index (χ2n) is 3.08. The van der Waals surface area contributed by atoms with Crippen molar-refractivity contribution in [1.82, 2.24) is 0 Å². The smallest absolute Gasteiger partial charge is 0.0493 e. The molecule has 15 heavy (non-hydrogen) atoms. The first-order valence-electron chi connectivity index (χ1n) is 4.27. The van der Waals surface area contributed by atoms with Gasteiger partial charge in [-0.3, -0.25) is 0 Å². The summed E-state index contributed by atoms with van der Waals surface area (Å²) < 4.78 is 0. The summed E-state index contributed by atoms with van der Waals surface area (Å²) >= 11 is 0. The van der Waals surface area contributed by atoms with Crippen molar-refractivity contribution in [3.8, 4) is 0 Å². The molecule has 0 fully saturated rings. The molecule has 1 aromatic carbocycles. The molecule has 0 bridgehead atoms. The van der Waals surface area contributed by atoms with E-state index < -0.39 is 24.3 Å². The summed E-state index contributed by atoms with van der Waals surface area (Å²) in [5.41, 5.74) is 6.00. The molecular formula is C10H9NO4-2. The van der Waals surface area contributed by atoms with Gasteiger partial charge in [-0.2, -0.15) is 0 Å². The molecule has 0 aromatic heterocycles. The minimum absolute atomic E-state index is 0.230. The molecule has 1 aromatic rings. The van der Waals surface area contributed by atoms with Crippen molar-refractivity contribution in [1.29, 1.82) is 0 Å². The molecule has 0 amide bonds. The second kappa shape index (κ2) is 4.45. The molecule has 0 spiro atoms. The predicted octanol–water partition coefficient (Wildman–Crippen LogP) is -1.76. The number of rotatable bonds is 4. The van der Waals surface area contributed by atoms with Gasteiger partial charge in [-0.15, -0.1) is 0 Å². The highest BCUT2D eigenvalue weighted by atomic mass is 16.4. The number of para-hydroxylation sites is 1. The van der Waals surface area contributed by atoms with Gasteiger partial charge in [-0.1, -0.05) is 18.2 Å². The van der Waals surface area contributed by atoms with Gasteiger partial charge in [0, 0.05) is 23.5 Å². The Morgan fingerprint density at radius 1 is 1.27 bits per heavy atom. The van der Waals surface area contributed by atoms with Crippen molar-refractivity contribution in [2.24, 2.45) is 0 Å². The zero-order valence-electron chi connectivity index (χ0n) is 7.80. The van der Waals surface area contributed by atoms with Gasteiger partial charge in [0.2, 0.25) is 0 Å². The minimum Gasteiger partial charge on any atom is -0.550 e. The van der Waals surface area contributed by atoms with E-state index in [0.717, 1.165) is 0 Å². The van der Waals surface area contributed by atoms with Crippen LogP contribution in [-0.2, 0) is 9.59 Å². The Hall–Kier alpha value is -2.04. The average molecular weight is 207 g/mol. The number of hydrogen-bond donors (Lipinski definition) is 1. The van der Waals surface area contributed by atoms with Crippen LogP contribution in [0.4, 0.5) is 5.69 Å². The van der Waals surface area contributed by atoms with E-state index in [4.69, 9.17) is 5.73 Å². The van der Waals surface area contributed by atoms with Gasteiger partial charge in [0.1, 0.15) is 0 Å². The van der Waals surface area contributed by atoms with Gasteiger partial charge >= 0.3 is 0 Å². The van der Waals surface area contributed by atoms with E-state index >= 15 is 0 Å². The number of benzene rings is 1. The summed E-state index contributed by atoms with van der Waals surface area (Å²) in [5.74, 6) is -4.19. The molecule has 5 heteroatoms. The second-order valence-corrected chi connectivity index (χ2v) is 3.08. The fourth-order valence-corrected chi connectivity index (χ4v) is 1.32. The first-order chi connectivity index (χ1) is 7.02. The maximum Gasteiger partial charge on any atom is 0.0493 e. The van der Waals surface area contributed by atoms with Crippen LogP contribution >= 0.6 is 0 Å². The van der Waals surface area contributed by atoms with E-state index in [2.05, 4.69) is 0 Å². The van der Waals surface area contributed by atoms with E-state index in [9.17, 15) is 19.8 Å². The summed E-state index contributed by atoms with van der Waals surface area (Å²) in [6, 6.07) is 6.17. The molecule has 0 heterocycles. The largest absolute Gasteiger partial charge is 0.550 e. The fraction of sp³-hybridized carbons (Fsp3) is 0.200. The van der Waals surface area contributed by atoms with Gasteiger partial charge in [-0.25, -0.2) is 0 Å². The van der Waals surface area contributed by atoms with E-state index in [1.165, 1.54) is 12.1 Å². The standard InChI is InChI=1S/C10H11NO4/c11-8-4-2-1-3-6(8)7(10(14)15)5-9(12)13/h1-4,7H,5,11H2,(H,12,13)(H,14,15)/p-2. The first-order valence-corrected chi connectivity index (χ1v) is 4.27. The van der Waals surface area contributed by atoms with Crippen molar-refractivity contribution in [3.63, 3.8) is 0 Å². The molecule has 0 aliphatic heterocycles. The van der Waals surface area contributed by atoms with E-state index in [1.54, 1.807) is 12.1 Å². The normalized spacial score (nSPS) is 12.0. The summed E-state index contributed by atoms with van der Waals surface area (Å²) in [6.07, 6.45) is -0.642. The number of anilines is 1. The third-order valence-electron chi connectivity index (χ3n) is 2.03. The zero-order valence-corrected chi connectivity index (χ0v) is 7.80. The Morgan fingerprint density at radius 2 is 1.87 bits per heavy atom. The highest BCUT2D eigenvalue weighted by Gasteiger charge is 2.15. The molecule has 1 atom stereocenters. The van der Waals surface area contributed by atoms with Crippen LogP contribution in [0.1, 0.15) is 17.9 Å². The van der Waals surface area contributed by atoms with Crippen molar-refractivity contribution in [2.45, 2.75) is 12.3 Å². The molecule has 0 aliphatic rings. The van der Waals surface area contributed by atoms with Crippen LogP contribution in [0, 0.1) is 0 Å². The van der Waals surface area contributed by atoms with E-state index in [-0.39, 0.29) is 11.3 Å². The van der Waals surface area contributed by atoms with Crippen molar-refractivity contribution >= 4 is 17.6 Å². The topological polar surface area (TPSA) is 106 Å². The summed E-state index contributed by atoms with van der Waals surface area (Å²) in [7, 11) is 0. The zero-order chi connectivity index (χ0) is 11.4. The van der Waals surface area contributed by atoms with Gasteiger partial charge < -0.3 is 25.5 Å². The van der Waals surface area contributed by atoms with Gasteiger partial charge in [0.25, 0.3) is 0 Å². The molecule has 2 N–H and O–H groups in total. The van der Waals surface area contributed by atoms with Crippen LogP contribution < -0.4 is 15.9 Å². The van der Waals surface area contributed by atoms with Crippen LogP contribution in [0.5, 0.6) is 0 Å². The molecule has 0 aliphatic carbocycles. The quantitative estimate of drug-likeness (QED) is 0.589. The number of nitrogen functional groups attached to an aromatic ring is 1. The molecule has 0 saturated carbocycles. The Balaban J connectivity index is 3.04. The number of carbonyl (C=O) groups excluding carboxylic acids is 2. The van der Waals surface area contributed by atoms with E-state index in [0.29, 0.717) is 0 Å². The third kappa shape index (κ3) is 2.70. The third-order valence-corrected chi connectivity index (χ3v) is 2.03. The summed E-state index contributed by atoms with van der Waals surface area (Å²) in [6.45, 7) is 0. The van der Waals surface area contributed by atoms with Crippen molar-refractivity contribution in [3.05, 3.63) is 29.8 Å². The highest BCUT2D eigenvalue weighted by molar-refractivity contribution is 5.82. The van der Waals surface area contributed by atoms with Gasteiger partial charge in [0.05, 0.1) is 0 Å².